The molecular formula is C23H26F3N5O. The summed E-state index contributed by atoms with van der Waals surface area (Å²) >= 11 is 0. The quantitative estimate of drug-likeness (QED) is 0.677. The summed E-state index contributed by atoms with van der Waals surface area (Å²) in [5.74, 6) is 0.416. The van der Waals surface area contributed by atoms with E-state index < -0.39 is 11.7 Å². The van der Waals surface area contributed by atoms with Crippen molar-refractivity contribution in [3.63, 3.8) is 0 Å². The molecule has 1 aromatic heterocycles. The van der Waals surface area contributed by atoms with Crippen LogP contribution >= 0.6 is 0 Å². The zero-order valence-electron chi connectivity index (χ0n) is 18.2. The molecule has 2 heterocycles. The third kappa shape index (κ3) is 5.77. The molecule has 0 radical (unpaired) electrons. The third-order valence-corrected chi connectivity index (χ3v) is 5.68. The summed E-state index contributed by atoms with van der Waals surface area (Å²) in [7, 11) is 0. The molecule has 0 N–H and O–H groups in total. The first-order chi connectivity index (χ1) is 15.2. The molecule has 0 saturated carbocycles. The summed E-state index contributed by atoms with van der Waals surface area (Å²) in [4.78, 5) is 22.6. The second-order valence-corrected chi connectivity index (χ2v) is 7.89. The van der Waals surface area contributed by atoms with Crippen molar-refractivity contribution in [2.75, 3.05) is 49.1 Å². The molecule has 6 nitrogen and oxygen atoms in total. The highest BCUT2D eigenvalue weighted by Crippen LogP contribution is 2.29. The number of halogens is 3. The first-order valence-electron chi connectivity index (χ1n) is 10.4. The van der Waals surface area contributed by atoms with Crippen molar-refractivity contribution in [2.45, 2.75) is 26.4 Å². The number of alkyl halides is 3. The second-order valence-electron chi connectivity index (χ2n) is 7.89. The van der Waals surface area contributed by atoms with Crippen molar-refractivity contribution < 1.29 is 18.0 Å². The van der Waals surface area contributed by atoms with Crippen molar-refractivity contribution >= 4 is 17.4 Å². The maximum absolute atomic E-state index is 13.0. The Morgan fingerprint density at radius 3 is 2.41 bits per heavy atom. The van der Waals surface area contributed by atoms with Crippen LogP contribution in [0.15, 0.2) is 36.5 Å². The molecule has 1 aliphatic rings. The average Bonchev–Trinajstić information content (AvgIpc) is 2.76. The highest BCUT2D eigenvalue weighted by atomic mass is 19.4. The third-order valence-electron chi connectivity index (χ3n) is 5.68. The zero-order valence-corrected chi connectivity index (χ0v) is 18.2. The largest absolute Gasteiger partial charge is 0.417 e. The number of pyridine rings is 1. The minimum Gasteiger partial charge on any atom is -0.354 e. The number of anilines is 2. The van der Waals surface area contributed by atoms with Gasteiger partial charge in [0.05, 0.1) is 24.6 Å². The van der Waals surface area contributed by atoms with Gasteiger partial charge in [0.1, 0.15) is 5.82 Å². The Bertz CT molecular complexity index is 977. The maximum Gasteiger partial charge on any atom is 0.417 e. The van der Waals surface area contributed by atoms with Gasteiger partial charge in [-0.1, -0.05) is 6.07 Å². The molecule has 0 bridgehead atoms. The van der Waals surface area contributed by atoms with Crippen LogP contribution in [0.1, 0.15) is 23.1 Å². The van der Waals surface area contributed by atoms with Crippen LogP contribution in [0.2, 0.25) is 0 Å². The number of nitrogens with zero attached hydrogens (tertiary/aromatic N) is 5. The van der Waals surface area contributed by atoms with Gasteiger partial charge >= 0.3 is 6.18 Å². The van der Waals surface area contributed by atoms with Gasteiger partial charge in [-0.15, -0.1) is 0 Å². The highest BCUT2D eigenvalue weighted by molar-refractivity contribution is 5.95. The SMILES string of the molecule is Cc1ccc(N(CCC#N)C(=O)CN2CCN(c3ccc(C(F)(F)F)cn3)CC2)cc1C. The normalized spacial score (nSPS) is 14.8. The van der Waals surface area contributed by atoms with Crippen molar-refractivity contribution in [3.05, 3.63) is 53.2 Å². The molecule has 170 valence electrons. The number of aromatic nitrogens is 1. The van der Waals surface area contributed by atoms with E-state index >= 15 is 0 Å². The number of amides is 1. The van der Waals surface area contributed by atoms with Crippen LogP contribution in [0.5, 0.6) is 0 Å². The Morgan fingerprint density at radius 1 is 1.12 bits per heavy atom. The maximum atomic E-state index is 13.0. The highest BCUT2D eigenvalue weighted by Gasteiger charge is 2.31. The summed E-state index contributed by atoms with van der Waals surface area (Å²) < 4.78 is 38.2. The van der Waals surface area contributed by atoms with E-state index in [0.29, 0.717) is 38.5 Å². The number of benzene rings is 1. The molecule has 1 fully saturated rings. The smallest absolute Gasteiger partial charge is 0.354 e. The summed E-state index contributed by atoms with van der Waals surface area (Å²) in [5, 5.41) is 8.99. The van der Waals surface area contributed by atoms with E-state index in [9.17, 15) is 18.0 Å². The van der Waals surface area contributed by atoms with E-state index in [-0.39, 0.29) is 18.9 Å². The van der Waals surface area contributed by atoms with Crippen LogP contribution in [-0.4, -0.2) is 55.1 Å². The second kappa shape index (κ2) is 10.0. The van der Waals surface area contributed by atoms with E-state index in [1.165, 1.54) is 6.07 Å². The Balaban J connectivity index is 1.60. The van der Waals surface area contributed by atoms with Crippen LogP contribution < -0.4 is 9.80 Å². The van der Waals surface area contributed by atoms with Gasteiger partial charge in [0.25, 0.3) is 0 Å². The molecule has 1 amide bonds. The molecule has 2 aromatic rings. The number of carbonyl (C=O) groups excluding carboxylic acids is 1. The molecule has 3 rings (SSSR count). The number of aryl methyl sites for hydroxylation is 2. The lowest BCUT2D eigenvalue weighted by atomic mass is 10.1. The fraction of sp³-hybridized carbons (Fsp3) is 0.435. The van der Waals surface area contributed by atoms with Gasteiger partial charge in [-0.2, -0.15) is 18.4 Å². The van der Waals surface area contributed by atoms with Crippen molar-refractivity contribution in [2.24, 2.45) is 0 Å². The fourth-order valence-electron chi connectivity index (χ4n) is 3.61. The van der Waals surface area contributed by atoms with E-state index in [2.05, 4.69) is 11.1 Å². The van der Waals surface area contributed by atoms with Crippen molar-refractivity contribution in [1.82, 2.24) is 9.88 Å². The van der Waals surface area contributed by atoms with Crippen molar-refractivity contribution in [3.8, 4) is 6.07 Å². The van der Waals surface area contributed by atoms with Crippen LogP contribution in [-0.2, 0) is 11.0 Å². The summed E-state index contributed by atoms with van der Waals surface area (Å²) in [5.41, 5.74) is 2.22. The van der Waals surface area contributed by atoms with Gasteiger partial charge in [0.2, 0.25) is 5.91 Å². The lowest BCUT2D eigenvalue weighted by Crippen LogP contribution is -2.50. The van der Waals surface area contributed by atoms with Gasteiger partial charge < -0.3 is 9.80 Å². The van der Waals surface area contributed by atoms with E-state index in [0.717, 1.165) is 29.1 Å². The summed E-state index contributed by atoms with van der Waals surface area (Å²) in [6.07, 6.45) is -3.31. The number of nitriles is 1. The summed E-state index contributed by atoms with van der Waals surface area (Å²) in [6, 6.07) is 10.3. The predicted molar refractivity (Wildman–Crippen MR) is 116 cm³/mol. The van der Waals surface area contributed by atoms with E-state index in [1.807, 2.05) is 41.8 Å². The average molecular weight is 445 g/mol. The Hall–Kier alpha value is -3.12. The topological polar surface area (TPSA) is 63.5 Å². The number of carbonyl (C=O) groups is 1. The molecule has 1 aromatic carbocycles. The number of hydrogen-bond acceptors (Lipinski definition) is 5. The molecular weight excluding hydrogens is 419 g/mol. The van der Waals surface area contributed by atoms with Crippen LogP contribution in [0.25, 0.3) is 0 Å². The number of rotatable bonds is 6. The Kier molecular flexibility index (Phi) is 7.36. The van der Waals surface area contributed by atoms with Gasteiger partial charge in [0.15, 0.2) is 0 Å². The number of piperazine rings is 1. The van der Waals surface area contributed by atoms with Gasteiger partial charge in [-0.3, -0.25) is 9.69 Å². The van der Waals surface area contributed by atoms with Gasteiger partial charge in [-0.05, 0) is 49.2 Å². The molecule has 1 saturated heterocycles. The Labute approximate surface area is 185 Å². The molecule has 32 heavy (non-hydrogen) atoms. The van der Waals surface area contributed by atoms with Crippen molar-refractivity contribution in [1.29, 1.82) is 5.26 Å². The van der Waals surface area contributed by atoms with E-state index in [4.69, 9.17) is 5.26 Å². The molecule has 9 heteroatoms. The number of hydrogen-bond donors (Lipinski definition) is 0. The van der Waals surface area contributed by atoms with Crippen LogP contribution in [0.3, 0.4) is 0 Å². The minimum absolute atomic E-state index is 0.0791. The lowest BCUT2D eigenvalue weighted by Gasteiger charge is -2.36. The molecule has 0 atom stereocenters. The molecule has 0 unspecified atom stereocenters. The first-order valence-corrected chi connectivity index (χ1v) is 10.4. The van der Waals surface area contributed by atoms with Gasteiger partial charge in [0, 0.05) is 44.6 Å². The standard InChI is InChI=1S/C23H26F3N5O/c1-17-4-6-20(14-18(17)2)31(9-3-8-27)22(32)16-29-10-12-30(13-11-29)21-7-5-19(15-28-21)23(24,25)26/h4-7,14-15H,3,9-13,16H2,1-2H3. The van der Waals surface area contributed by atoms with Crippen LogP contribution in [0, 0.1) is 25.2 Å². The first kappa shape index (κ1) is 23.5. The molecule has 0 aliphatic carbocycles. The lowest BCUT2D eigenvalue weighted by molar-refractivity contribution is -0.137. The predicted octanol–water partition coefficient (Wildman–Crippen LogP) is 3.79. The van der Waals surface area contributed by atoms with Gasteiger partial charge in [-0.25, -0.2) is 4.98 Å². The fourth-order valence-corrected chi connectivity index (χ4v) is 3.61. The van der Waals surface area contributed by atoms with E-state index in [1.54, 1.807) is 4.90 Å². The molecule has 0 spiro atoms. The van der Waals surface area contributed by atoms with Crippen LogP contribution in [0.4, 0.5) is 24.7 Å². The monoisotopic (exact) mass is 445 g/mol. The zero-order chi connectivity index (χ0) is 23.3. The Morgan fingerprint density at radius 2 is 1.84 bits per heavy atom. The minimum atomic E-state index is -4.40. The summed E-state index contributed by atoms with van der Waals surface area (Å²) in [6.45, 7) is 6.84. The molecule has 1 aliphatic heterocycles.